The van der Waals surface area contributed by atoms with Crippen LogP contribution in [0.25, 0.3) is 0 Å². The summed E-state index contributed by atoms with van der Waals surface area (Å²) in [6.45, 7) is 1.87. The van der Waals surface area contributed by atoms with Crippen molar-refractivity contribution in [2.45, 2.75) is 19.8 Å². The molecular weight excluding hydrogens is 84.1 g/mol. The Labute approximate surface area is 44.9 Å². The van der Waals surface area contributed by atoms with Crippen molar-refractivity contribution in [2.75, 3.05) is 0 Å². The molecule has 0 heterocycles. The molecule has 0 nitrogen and oxygen atoms in total. The van der Waals surface area contributed by atoms with Gasteiger partial charge in [-0.3, -0.25) is 0 Å². The van der Waals surface area contributed by atoms with E-state index in [0.29, 0.717) is 0 Å². The molecule has 0 heteroatoms. The minimum absolute atomic E-state index is 0.854. The third-order valence-electron chi connectivity index (χ3n) is 1.09. The van der Waals surface area contributed by atoms with Crippen LogP contribution < -0.4 is 0 Å². The monoisotopic (exact) mass is 93.1 g/mol. The molecule has 0 amide bonds. The highest BCUT2D eigenvalue weighted by molar-refractivity contribution is 5.12. The summed E-state index contributed by atoms with van der Waals surface area (Å²) in [6, 6.07) is 0. The molecule has 0 aromatic heterocycles. The Morgan fingerprint density at radius 3 is 2.71 bits per heavy atom. The van der Waals surface area contributed by atoms with E-state index < -0.39 is 0 Å². The topological polar surface area (TPSA) is 0 Å². The smallest absolute Gasteiger partial charge is 0.0371 e. The van der Waals surface area contributed by atoms with Crippen LogP contribution in [0.3, 0.4) is 0 Å². The van der Waals surface area contributed by atoms with Gasteiger partial charge in [0.1, 0.15) is 0 Å². The maximum Gasteiger partial charge on any atom is 0.0371 e. The fraction of sp³-hybridized carbons (Fsp3) is 0.571. The zero-order valence-corrected chi connectivity index (χ0v) is 4.57. The molecule has 0 aromatic carbocycles. The Morgan fingerprint density at radius 2 is 2.29 bits per heavy atom. The summed E-state index contributed by atoms with van der Waals surface area (Å²) in [5, 5.41) is 0. The van der Waals surface area contributed by atoms with E-state index >= 15 is 0 Å². The molecule has 0 atom stereocenters. The average molecular weight is 93.1 g/mol. The van der Waals surface area contributed by atoms with Gasteiger partial charge in [0.15, 0.2) is 0 Å². The summed E-state index contributed by atoms with van der Waals surface area (Å²) in [6.07, 6.45) is 4.84. The SMILES string of the molecule is CC#C[CH]C1CC1. The van der Waals surface area contributed by atoms with Crippen molar-refractivity contribution in [1.82, 2.24) is 0 Å². The number of rotatable bonds is 1. The lowest BCUT2D eigenvalue weighted by atomic mass is 10.3. The summed E-state index contributed by atoms with van der Waals surface area (Å²) in [7, 11) is 0. The van der Waals surface area contributed by atoms with Crippen molar-refractivity contribution in [1.29, 1.82) is 0 Å². The molecule has 0 aliphatic heterocycles. The third-order valence-corrected chi connectivity index (χ3v) is 1.09. The Kier molecular flexibility index (Phi) is 1.36. The Hall–Kier alpha value is -0.440. The lowest BCUT2D eigenvalue weighted by molar-refractivity contribution is 1.06. The maximum absolute atomic E-state index is 2.94. The highest BCUT2D eigenvalue weighted by atomic mass is 14.2. The van der Waals surface area contributed by atoms with Gasteiger partial charge < -0.3 is 0 Å². The first-order valence-corrected chi connectivity index (χ1v) is 2.69. The van der Waals surface area contributed by atoms with Gasteiger partial charge in [-0.25, -0.2) is 0 Å². The first-order chi connectivity index (χ1) is 3.43. The van der Waals surface area contributed by atoms with Crippen LogP contribution in [0.15, 0.2) is 0 Å². The average Bonchev–Trinajstić information content (AvgIpc) is 2.42. The molecular formula is C7H9. The van der Waals surface area contributed by atoms with Crippen molar-refractivity contribution in [3.8, 4) is 11.8 Å². The van der Waals surface area contributed by atoms with Crippen molar-refractivity contribution >= 4 is 0 Å². The Morgan fingerprint density at radius 1 is 1.57 bits per heavy atom. The van der Waals surface area contributed by atoms with Crippen LogP contribution in [-0.2, 0) is 0 Å². The van der Waals surface area contributed by atoms with E-state index in [9.17, 15) is 0 Å². The molecule has 0 unspecified atom stereocenters. The summed E-state index contributed by atoms with van der Waals surface area (Å²) in [5.41, 5.74) is 0. The summed E-state index contributed by atoms with van der Waals surface area (Å²) < 4.78 is 0. The first kappa shape index (κ1) is 4.71. The second kappa shape index (κ2) is 2.02. The first-order valence-electron chi connectivity index (χ1n) is 2.69. The molecule has 1 radical (unpaired) electrons. The molecule has 7 heavy (non-hydrogen) atoms. The van der Waals surface area contributed by atoms with Crippen LogP contribution in [0, 0.1) is 24.2 Å². The van der Waals surface area contributed by atoms with Crippen LogP contribution in [0.2, 0.25) is 0 Å². The van der Waals surface area contributed by atoms with Gasteiger partial charge in [0.25, 0.3) is 0 Å². The predicted molar refractivity (Wildman–Crippen MR) is 30.5 cm³/mol. The van der Waals surface area contributed by atoms with Gasteiger partial charge in [-0.1, -0.05) is 5.92 Å². The van der Waals surface area contributed by atoms with E-state index in [1.165, 1.54) is 12.8 Å². The van der Waals surface area contributed by atoms with Gasteiger partial charge in [0.05, 0.1) is 0 Å². The van der Waals surface area contributed by atoms with Gasteiger partial charge in [-0.15, -0.1) is 5.92 Å². The maximum atomic E-state index is 2.94. The van der Waals surface area contributed by atoms with E-state index in [-0.39, 0.29) is 0 Å². The number of hydrogen-bond donors (Lipinski definition) is 0. The van der Waals surface area contributed by atoms with Crippen LogP contribution in [-0.4, -0.2) is 0 Å². The largest absolute Gasteiger partial charge is 0.106 e. The van der Waals surface area contributed by atoms with Gasteiger partial charge in [0.2, 0.25) is 0 Å². The van der Waals surface area contributed by atoms with Crippen LogP contribution in [0.5, 0.6) is 0 Å². The van der Waals surface area contributed by atoms with E-state index in [2.05, 4.69) is 18.3 Å². The Bertz CT molecular complexity index is 98.9. The van der Waals surface area contributed by atoms with Gasteiger partial charge in [-0.2, -0.15) is 0 Å². The molecule has 37 valence electrons. The summed E-state index contributed by atoms with van der Waals surface area (Å²) in [4.78, 5) is 0. The molecule has 1 saturated carbocycles. The van der Waals surface area contributed by atoms with E-state index in [1.54, 1.807) is 0 Å². The van der Waals surface area contributed by atoms with Crippen molar-refractivity contribution in [3.63, 3.8) is 0 Å². The van der Waals surface area contributed by atoms with Crippen molar-refractivity contribution in [3.05, 3.63) is 6.42 Å². The fourth-order valence-corrected chi connectivity index (χ4v) is 0.464. The summed E-state index contributed by atoms with van der Waals surface area (Å²) in [5.74, 6) is 6.62. The Balaban J connectivity index is 2.05. The predicted octanol–water partition coefficient (Wildman–Crippen LogP) is 1.62. The van der Waals surface area contributed by atoms with E-state index in [1.807, 2.05) is 6.92 Å². The van der Waals surface area contributed by atoms with Gasteiger partial charge >= 0.3 is 0 Å². The van der Waals surface area contributed by atoms with E-state index in [0.717, 1.165) is 5.92 Å². The molecule has 0 spiro atoms. The highest BCUT2D eigenvalue weighted by Crippen LogP contribution is 2.30. The fourth-order valence-electron chi connectivity index (χ4n) is 0.464. The zero-order valence-electron chi connectivity index (χ0n) is 4.57. The van der Waals surface area contributed by atoms with Gasteiger partial charge in [0, 0.05) is 6.42 Å². The molecule has 0 aromatic rings. The lowest BCUT2D eigenvalue weighted by Gasteiger charge is -1.74. The molecule has 1 aliphatic carbocycles. The molecule has 1 aliphatic rings. The molecule has 0 N–H and O–H groups in total. The zero-order chi connectivity index (χ0) is 5.11. The summed E-state index contributed by atoms with van der Waals surface area (Å²) >= 11 is 0. The van der Waals surface area contributed by atoms with Crippen LogP contribution in [0.4, 0.5) is 0 Å². The lowest BCUT2D eigenvalue weighted by Crippen LogP contribution is -1.68. The standard InChI is InChI=1S/C7H9/c1-2-3-4-7-5-6-7/h4,7H,5-6H2,1H3. The molecule has 0 saturated heterocycles. The quantitative estimate of drug-likeness (QED) is 0.432. The van der Waals surface area contributed by atoms with Crippen molar-refractivity contribution < 1.29 is 0 Å². The third kappa shape index (κ3) is 1.64. The second-order valence-corrected chi connectivity index (χ2v) is 1.90. The highest BCUT2D eigenvalue weighted by Gasteiger charge is 2.19. The van der Waals surface area contributed by atoms with Crippen molar-refractivity contribution in [2.24, 2.45) is 5.92 Å². The van der Waals surface area contributed by atoms with Crippen LogP contribution in [0.1, 0.15) is 19.8 Å². The number of hydrogen-bond acceptors (Lipinski definition) is 0. The second-order valence-electron chi connectivity index (χ2n) is 1.90. The van der Waals surface area contributed by atoms with Gasteiger partial charge in [-0.05, 0) is 25.7 Å². The normalized spacial score (nSPS) is 17.9. The van der Waals surface area contributed by atoms with E-state index in [4.69, 9.17) is 0 Å². The minimum atomic E-state index is 0.854. The molecule has 1 rings (SSSR count). The minimum Gasteiger partial charge on any atom is -0.106 e. The molecule has 0 bridgehead atoms. The molecule has 1 fully saturated rings. The van der Waals surface area contributed by atoms with Crippen LogP contribution >= 0.6 is 0 Å².